The van der Waals surface area contributed by atoms with Crippen molar-refractivity contribution in [1.82, 2.24) is 24.3 Å². The van der Waals surface area contributed by atoms with Gasteiger partial charge in [0.2, 0.25) is 0 Å². The standard InChI is InChI=1S/C15H27N3O2.C14H15BrClN3O/c1-14(2,3)17-9-10-18(12(11-17)7-8-16)13(19)20-15(4,5)6;1-18-4-2-3-10(18)8-19-13-6-11(15)12(16)5-9(13)7-17-14(19)20/h12H,7,9-11H2,1-6H3;5-7,10H,2-4,8H2,1H3. The van der Waals surface area contributed by atoms with Crippen molar-refractivity contribution in [3.8, 4) is 6.07 Å². The fraction of sp³-hybridized carbons (Fsp3) is 0.655. The van der Waals surface area contributed by atoms with E-state index in [1.54, 1.807) is 15.7 Å². The first-order valence-electron chi connectivity index (χ1n) is 13.8. The highest BCUT2D eigenvalue weighted by Gasteiger charge is 2.36. The Labute approximate surface area is 251 Å². The van der Waals surface area contributed by atoms with Crippen molar-refractivity contribution >= 4 is 44.5 Å². The number of rotatable bonds is 3. The van der Waals surface area contributed by atoms with E-state index in [0.29, 0.717) is 30.6 Å². The zero-order valence-electron chi connectivity index (χ0n) is 24.7. The van der Waals surface area contributed by atoms with E-state index in [1.807, 2.05) is 32.9 Å². The fourth-order valence-corrected chi connectivity index (χ4v) is 5.59. The number of amides is 1. The molecule has 0 radical (unpaired) electrons. The number of likely N-dealkylation sites (tertiary alicyclic amines) is 1. The number of carbonyl (C=O) groups is 1. The first kappa shape index (κ1) is 32.3. The largest absolute Gasteiger partial charge is 0.444 e. The summed E-state index contributed by atoms with van der Waals surface area (Å²) in [5, 5.41) is 10.5. The Morgan fingerprint density at radius 1 is 1.18 bits per heavy atom. The molecule has 0 bridgehead atoms. The minimum atomic E-state index is -0.505. The number of piperazine rings is 1. The molecular formula is C29H42BrClN6O3. The molecule has 40 heavy (non-hydrogen) atoms. The molecule has 11 heteroatoms. The maximum absolute atomic E-state index is 12.2. The number of ether oxygens (including phenoxy) is 1. The molecule has 2 aliphatic heterocycles. The van der Waals surface area contributed by atoms with Gasteiger partial charge in [0.1, 0.15) is 5.60 Å². The van der Waals surface area contributed by atoms with Gasteiger partial charge in [0.15, 0.2) is 0 Å². The van der Waals surface area contributed by atoms with Crippen LogP contribution in [-0.4, -0.2) is 86.8 Å². The predicted molar refractivity (Wildman–Crippen MR) is 163 cm³/mol. The van der Waals surface area contributed by atoms with Crippen molar-refractivity contribution in [2.24, 2.45) is 0 Å². The number of hydrogen-bond donors (Lipinski definition) is 0. The molecule has 2 atom stereocenters. The number of halogens is 2. The molecule has 2 saturated heterocycles. The van der Waals surface area contributed by atoms with Crippen LogP contribution < -0.4 is 5.69 Å². The third-order valence-corrected chi connectivity index (χ3v) is 8.55. The van der Waals surface area contributed by atoms with Gasteiger partial charge in [-0.3, -0.25) is 9.47 Å². The average molecular weight is 638 g/mol. The summed E-state index contributed by atoms with van der Waals surface area (Å²) in [6.45, 7) is 15.9. The molecule has 1 aromatic heterocycles. The maximum Gasteiger partial charge on any atom is 0.410 e. The van der Waals surface area contributed by atoms with E-state index in [4.69, 9.17) is 21.6 Å². The lowest BCUT2D eigenvalue weighted by atomic mass is 10.0. The first-order chi connectivity index (χ1) is 18.6. The molecule has 2 unspecified atom stereocenters. The van der Waals surface area contributed by atoms with Crippen LogP contribution in [-0.2, 0) is 11.3 Å². The lowest BCUT2D eigenvalue weighted by Gasteiger charge is -2.46. The zero-order chi connectivity index (χ0) is 29.8. The van der Waals surface area contributed by atoms with Crippen LogP contribution in [0.25, 0.3) is 10.9 Å². The molecule has 3 heterocycles. The maximum atomic E-state index is 12.2. The summed E-state index contributed by atoms with van der Waals surface area (Å²) in [6, 6.07) is 6.22. The number of carbonyl (C=O) groups excluding carboxylic acids is 1. The van der Waals surface area contributed by atoms with Gasteiger partial charge in [0.25, 0.3) is 0 Å². The smallest absolute Gasteiger partial charge is 0.410 e. The molecule has 0 spiro atoms. The third-order valence-electron chi connectivity index (χ3n) is 7.36. The minimum absolute atomic E-state index is 0.0493. The van der Waals surface area contributed by atoms with Crippen molar-refractivity contribution in [2.75, 3.05) is 33.2 Å². The van der Waals surface area contributed by atoms with Crippen LogP contribution >= 0.6 is 27.5 Å². The van der Waals surface area contributed by atoms with E-state index < -0.39 is 5.60 Å². The molecule has 2 fully saturated rings. The molecule has 0 N–H and O–H groups in total. The van der Waals surface area contributed by atoms with E-state index in [-0.39, 0.29) is 23.4 Å². The van der Waals surface area contributed by atoms with Gasteiger partial charge in [-0.1, -0.05) is 11.6 Å². The molecule has 4 rings (SSSR count). The Kier molecular flexibility index (Phi) is 10.7. The quantitative estimate of drug-likeness (QED) is 0.437. The van der Waals surface area contributed by atoms with E-state index in [9.17, 15) is 9.59 Å². The van der Waals surface area contributed by atoms with Gasteiger partial charge in [-0.25, -0.2) is 14.6 Å². The van der Waals surface area contributed by atoms with Crippen molar-refractivity contribution in [2.45, 2.75) is 90.6 Å². The second-order valence-electron chi connectivity index (χ2n) is 12.6. The van der Waals surface area contributed by atoms with Crippen LogP contribution in [0, 0.1) is 11.3 Å². The number of fused-ring (bicyclic) bond motifs is 1. The van der Waals surface area contributed by atoms with Gasteiger partial charge < -0.3 is 14.5 Å². The second-order valence-corrected chi connectivity index (χ2v) is 13.8. The van der Waals surface area contributed by atoms with Crippen LogP contribution in [0.2, 0.25) is 5.02 Å². The average Bonchev–Trinajstić information content (AvgIpc) is 3.25. The van der Waals surface area contributed by atoms with Crippen molar-refractivity contribution < 1.29 is 9.53 Å². The van der Waals surface area contributed by atoms with Crippen LogP contribution in [0.4, 0.5) is 4.79 Å². The molecule has 1 amide bonds. The molecule has 220 valence electrons. The van der Waals surface area contributed by atoms with Gasteiger partial charge in [-0.05, 0) is 96.0 Å². The number of aromatic nitrogens is 2. The predicted octanol–water partition coefficient (Wildman–Crippen LogP) is 5.53. The monoisotopic (exact) mass is 636 g/mol. The second kappa shape index (κ2) is 13.2. The summed E-state index contributed by atoms with van der Waals surface area (Å²) >= 11 is 9.52. The van der Waals surface area contributed by atoms with Crippen molar-refractivity contribution in [3.63, 3.8) is 0 Å². The summed E-state index contributed by atoms with van der Waals surface area (Å²) in [4.78, 5) is 34.6. The molecule has 0 aliphatic carbocycles. The number of nitriles is 1. The Morgan fingerprint density at radius 2 is 1.88 bits per heavy atom. The summed E-state index contributed by atoms with van der Waals surface area (Å²) in [7, 11) is 2.11. The Hall–Kier alpha value is -2.19. The number of benzene rings is 1. The van der Waals surface area contributed by atoms with Gasteiger partial charge in [-0.15, -0.1) is 0 Å². The van der Waals surface area contributed by atoms with Gasteiger partial charge in [-0.2, -0.15) is 5.26 Å². The number of hydrogen-bond acceptors (Lipinski definition) is 7. The SMILES string of the molecule is CC(C)(C)OC(=O)N1CCN(C(C)(C)C)CC1CC#N.CN1CCCC1Cn1c(=O)ncc2cc(Cl)c(Br)cc21. The van der Waals surface area contributed by atoms with Crippen LogP contribution in [0.5, 0.6) is 0 Å². The third kappa shape index (κ3) is 8.41. The van der Waals surface area contributed by atoms with Gasteiger partial charge >= 0.3 is 11.8 Å². The van der Waals surface area contributed by atoms with Crippen LogP contribution in [0.3, 0.4) is 0 Å². The highest BCUT2D eigenvalue weighted by molar-refractivity contribution is 9.10. The molecule has 9 nitrogen and oxygen atoms in total. The minimum Gasteiger partial charge on any atom is -0.444 e. The zero-order valence-corrected chi connectivity index (χ0v) is 27.0. The number of nitrogens with zero attached hydrogens (tertiary/aromatic N) is 6. The Balaban J connectivity index is 0.000000220. The summed E-state index contributed by atoms with van der Waals surface area (Å²) in [5.41, 5.74) is 0.219. The topological polar surface area (TPSA) is 94.7 Å². The van der Waals surface area contributed by atoms with Crippen molar-refractivity contribution in [1.29, 1.82) is 5.26 Å². The Morgan fingerprint density at radius 3 is 2.45 bits per heavy atom. The van der Waals surface area contributed by atoms with E-state index in [0.717, 1.165) is 41.4 Å². The van der Waals surface area contributed by atoms with Crippen molar-refractivity contribution in [3.05, 3.63) is 38.3 Å². The lowest BCUT2D eigenvalue weighted by Crippen LogP contribution is -2.60. The van der Waals surface area contributed by atoms with Gasteiger partial charge in [0, 0.05) is 53.8 Å². The lowest BCUT2D eigenvalue weighted by molar-refractivity contribution is -0.0150. The Bertz CT molecular complexity index is 1300. The molecule has 0 saturated carbocycles. The number of likely N-dealkylation sites (N-methyl/N-ethyl adjacent to an activating group) is 1. The van der Waals surface area contributed by atoms with E-state index in [2.05, 4.69) is 64.6 Å². The molecule has 2 aliphatic rings. The van der Waals surface area contributed by atoms with Crippen LogP contribution in [0.1, 0.15) is 60.8 Å². The van der Waals surface area contributed by atoms with E-state index >= 15 is 0 Å². The molecule has 2 aromatic rings. The molecular weight excluding hydrogens is 596 g/mol. The summed E-state index contributed by atoms with van der Waals surface area (Å²) < 4.78 is 7.98. The first-order valence-corrected chi connectivity index (χ1v) is 14.9. The normalized spacial score (nSPS) is 20.6. The highest BCUT2D eigenvalue weighted by atomic mass is 79.9. The fourth-order valence-electron chi connectivity index (χ4n) is 5.09. The van der Waals surface area contributed by atoms with Gasteiger partial charge in [0.05, 0.1) is 29.1 Å². The summed E-state index contributed by atoms with van der Waals surface area (Å²) in [6.07, 6.45) is 3.92. The summed E-state index contributed by atoms with van der Waals surface area (Å²) in [5.74, 6) is 0. The molecule has 1 aromatic carbocycles. The highest BCUT2D eigenvalue weighted by Crippen LogP contribution is 2.28. The van der Waals surface area contributed by atoms with Crippen LogP contribution in [0.15, 0.2) is 27.6 Å². The van der Waals surface area contributed by atoms with E-state index in [1.165, 1.54) is 6.42 Å².